The number of aromatic hydroxyl groups is 1. The number of hydrogen-bond acceptors (Lipinski definition) is 3. The molecule has 3 aromatic rings. The molecule has 0 saturated carbocycles. The highest BCUT2D eigenvalue weighted by molar-refractivity contribution is 6.07. The Morgan fingerprint density at radius 2 is 1.86 bits per heavy atom. The zero-order chi connectivity index (χ0) is 14.8. The van der Waals surface area contributed by atoms with Gasteiger partial charge in [-0.2, -0.15) is 0 Å². The molecule has 0 unspecified atom stereocenters. The van der Waals surface area contributed by atoms with E-state index in [1.54, 1.807) is 36.4 Å². The fourth-order valence-corrected chi connectivity index (χ4v) is 2.10. The lowest BCUT2D eigenvalue weighted by atomic mass is 10.1. The van der Waals surface area contributed by atoms with E-state index in [0.717, 1.165) is 22.1 Å². The first-order valence-corrected chi connectivity index (χ1v) is 6.63. The fraction of sp³-hybridized carbons (Fsp3) is 0.0556. The highest BCUT2D eigenvalue weighted by atomic mass is 16.3. The lowest BCUT2D eigenvalue weighted by molar-refractivity contribution is 0.102. The number of hydrogen-bond donors (Lipinski definition) is 1. The minimum Gasteiger partial charge on any atom is -0.508 e. The molecule has 0 spiro atoms. The predicted octanol–water partition coefficient (Wildman–Crippen LogP) is 4.34. The van der Waals surface area contributed by atoms with Gasteiger partial charge in [0.2, 0.25) is 5.78 Å². The molecule has 0 aliphatic rings. The van der Waals surface area contributed by atoms with Crippen LogP contribution >= 0.6 is 0 Å². The number of allylic oxidation sites excluding steroid dienone is 1. The minimum atomic E-state index is -0.183. The van der Waals surface area contributed by atoms with Gasteiger partial charge in [-0.25, -0.2) is 0 Å². The number of carbonyl (C=O) groups excluding carboxylic acids is 1. The molecule has 3 rings (SSSR count). The standard InChI is InChI=1S/C18H14O3/c1-12-2-6-14-11-18(21-17(14)10-12)16(20)9-5-13-3-7-15(19)8-4-13/h2-11,19H,1H3/b9-5+. The molecule has 1 heterocycles. The van der Waals surface area contributed by atoms with E-state index in [1.165, 1.54) is 6.08 Å². The third-order valence-electron chi connectivity index (χ3n) is 3.24. The number of furan rings is 1. The predicted molar refractivity (Wildman–Crippen MR) is 82.4 cm³/mol. The van der Waals surface area contributed by atoms with Crippen LogP contribution in [0.3, 0.4) is 0 Å². The van der Waals surface area contributed by atoms with E-state index in [1.807, 2.05) is 25.1 Å². The number of rotatable bonds is 3. The van der Waals surface area contributed by atoms with Gasteiger partial charge in [0.1, 0.15) is 11.3 Å². The summed E-state index contributed by atoms with van der Waals surface area (Å²) in [5.74, 6) is 0.341. The van der Waals surface area contributed by atoms with Crippen molar-refractivity contribution in [3.63, 3.8) is 0 Å². The molecular weight excluding hydrogens is 264 g/mol. The molecule has 3 heteroatoms. The summed E-state index contributed by atoms with van der Waals surface area (Å²) in [4.78, 5) is 12.1. The van der Waals surface area contributed by atoms with Gasteiger partial charge in [0.05, 0.1) is 0 Å². The summed E-state index contributed by atoms with van der Waals surface area (Å²) >= 11 is 0. The Morgan fingerprint density at radius 3 is 2.62 bits per heavy atom. The van der Waals surface area contributed by atoms with Crippen molar-refractivity contribution in [2.24, 2.45) is 0 Å². The third-order valence-corrected chi connectivity index (χ3v) is 3.24. The van der Waals surface area contributed by atoms with Crippen molar-refractivity contribution in [3.8, 4) is 5.75 Å². The summed E-state index contributed by atoms with van der Waals surface area (Å²) < 4.78 is 5.58. The van der Waals surface area contributed by atoms with Gasteiger partial charge in [0.25, 0.3) is 0 Å². The van der Waals surface area contributed by atoms with Crippen LogP contribution in [-0.2, 0) is 0 Å². The van der Waals surface area contributed by atoms with Gasteiger partial charge in [-0.3, -0.25) is 4.79 Å². The van der Waals surface area contributed by atoms with Gasteiger partial charge < -0.3 is 9.52 Å². The number of carbonyl (C=O) groups is 1. The van der Waals surface area contributed by atoms with E-state index < -0.39 is 0 Å². The Bertz CT molecular complexity index is 823. The Labute approximate surface area is 122 Å². The fourth-order valence-electron chi connectivity index (χ4n) is 2.10. The van der Waals surface area contributed by atoms with Crippen molar-refractivity contribution in [3.05, 3.63) is 71.5 Å². The van der Waals surface area contributed by atoms with Crippen LogP contribution in [0.25, 0.3) is 17.0 Å². The van der Waals surface area contributed by atoms with Gasteiger partial charge in [-0.05, 0) is 48.4 Å². The van der Waals surface area contributed by atoms with Crippen LogP contribution in [-0.4, -0.2) is 10.9 Å². The largest absolute Gasteiger partial charge is 0.508 e. The van der Waals surface area contributed by atoms with Crippen LogP contribution < -0.4 is 0 Å². The lowest BCUT2D eigenvalue weighted by Gasteiger charge is -1.93. The summed E-state index contributed by atoms with van der Waals surface area (Å²) in [5, 5.41) is 10.1. The maximum atomic E-state index is 12.1. The third kappa shape index (κ3) is 2.87. The minimum absolute atomic E-state index is 0.183. The molecule has 104 valence electrons. The maximum Gasteiger partial charge on any atom is 0.221 e. The summed E-state index contributed by atoms with van der Waals surface area (Å²) in [6.07, 6.45) is 3.16. The Morgan fingerprint density at radius 1 is 1.10 bits per heavy atom. The molecule has 0 atom stereocenters. The van der Waals surface area contributed by atoms with Gasteiger partial charge in [-0.15, -0.1) is 0 Å². The zero-order valence-electron chi connectivity index (χ0n) is 11.5. The van der Waals surface area contributed by atoms with Crippen molar-refractivity contribution < 1.29 is 14.3 Å². The van der Waals surface area contributed by atoms with Crippen LogP contribution in [0.2, 0.25) is 0 Å². The normalized spacial score (nSPS) is 11.3. The number of phenolic OH excluding ortho intramolecular Hbond substituents is 1. The van der Waals surface area contributed by atoms with Crippen molar-refractivity contribution >= 4 is 22.8 Å². The molecule has 1 N–H and O–H groups in total. The molecule has 0 aliphatic heterocycles. The smallest absolute Gasteiger partial charge is 0.221 e. The molecular formula is C18H14O3. The zero-order valence-corrected chi connectivity index (χ0v) is 11.5. The first-order chi connectivity index (χ1) is 10.1. The average Bonchev–Trinajstić information content (AvgIpc) is 2.89. The Balaban J connectivity index is 1.84. The second-order valence-corrected chi connectivity index (χ2v) is 4.94. The second kappa shape index (κ2) is 5.29. The van der Waals surface area contributed by atoms with E-state index in [9.17, 15) is 9.90 Å². The molecule has 0 aliphatic carbocycles. The summed E-state index contributed by atoms with van der Waals surface area (Å²) in [6.45, 7) is 1.98. The number of fused-ring (bicyclic) bond motifs is 1. The van der Waals surface area contributed by atoms with Crippen LogP contribution in [0.1, 0.15) is 21.7 Å². The first kappa shape index (κ1) is 13.2. The van der Waals surface area contributed by atoms with Gasteiger partial charge >= 0.3 is 0 Å². The molecule has 0 amide bonds. The number of phenols is 1. The van der Waals surface area contributed by atoms with Crippen molar-refractivity contribution in [1.82, 2.24) is 0 Å². The highest BCUT2D eigenvalue weighted by Crippen LogP contribution is 2.21. The number of benzene rings is 2. The van der Waals surface area contributed by atoms with Crippen molar-refractivity contribution in [2.75, 3.05) is 0 Å². The monoisotopic (exact) mass is 278 g/mol. The molecule has 2 aromatic carbocycles. The van der Waals surface area contributed by atoms with Crippen LogP contribution in [0.5, 0.6) is 5.75 Å². The molecule has 0 radical (unpaired) electrons. The van der Waals surface area contributed by atoms with Gasteiger partial charge in [0.15, 0.2) is 5.76 Å². The van der Waals surface area contributed by atoms with E-state index in [-0.39, 0.29) is 11.5 Å². The SMILES string of the molecule is Cc1ccc2cc(C(=O)/C=C/c3ccc(O)cc3)oc2c1. The van der Waals surface area contributed by atoms with E-state index >= 15 is 0 Å². The van der Waals surface area contributed by atoms with Crippen LogP contribution in [0.15, 0.2) is 59.0 Å². The molecule has 0 fully saturated rings. The highest BCUT2D eigenvalue weighted by Gasteiger charge is 2.09. The van der Waals surface area contributed by atoms with Crippen molar-refractivity contribution in [2.45, 2.75) is 6.92 Å². The van der Waals surface area contributed by atoms with Crippen LogP contribution in [0, 0.1) is 6.92 Å². The Kier molecular flexibility index (Phi) is 3.32. The molecule has 0 bridgehead atoms. The van der Waals surface area contributed by atoms with E-state index in [0.29, 0.717) is 5.76 Å². The second-order valence-electron chi connectivity index (χ2n) is 4.94. The summed E-state index contributed by atoms with van der Waals surface area (Å²) in [5.41, 5.74) is 2.65. The lowest BCUT2D eigenvalue weighted by Crippen LogP contribution is -1.90. The molecule has 1 aromatic heterocycles. The first-order valence-electron chi connectivity index (χ1n) is 6.63. The summed E-state index contributed by atoms with van der Waals surface area (Å²) in [7, 11) is 0. The maximum absolute atomic E-state index is 12.1. The average molecular weight is 278 g/mol. The van der Waals surface area contributed by atoms with E-state index in [2.05, 4.69) is 0 Å². The number of ketones is 1. The quantitative estimate of drug-likeness (QED) is 0.572. The van der Waals surface area contributed by atoms with E-state index in [4.69, 9.17) is 4.42 Å². The topological polar surface area (TPSA) is 50.4 Å². The van der Waals surface area contributed by atoms with Crippen LogP contribution in [0.4, 0.5) is 0 Å². The van der Waals surface area contributed by atoms with Gasteiger partial charge in [0, 0.05) is 5.39 Å². The summed E-state index contributed by atoms with van der Waals surface area (Å²) in [6, 6.07) is 14.2. The Hall–Kier alpha value is -2.81. The molecule has 21 heavy (non-hydrogen) atoms. The molecule has 3 nitrogen and oxygen atoms in total. The molecule has 0 saturated heterocycles. The van der Waals surface area contributed by atoms with Gasteiger partial charge in [-0.1, -0.05) is 30.3 Å². The van der Waals surface area contributed by atoms with Crippen molar-refractivity contribution in [1.29, 1.82) is 0 Å². The number of aryl methyl sites for hydroxylation is 1.